The van der Waals surface area contributed by atoms with Crippen LogP contribution in [0.5, 0.6) is 5.75 Å². The lowest BCUT2D eigenvalue weighted by Gasteiger charge is -2.14. The fraction of sp³-hybridized carbons (Fsp3) is 0.200. The van der Waals surface area contributed by atoms with Gasteiger partial charge in [-0.05, 0) is 48.7 Å². The Bertz CT molecular complexity index is 1040. The van der Waals surface area contributed by atoms with Gasteiger partial charge in [-0.3, -0.25) is 9.59 Å². The van der Waals surface area contributed by atoms with Crippen LogP contribution in [0.2, 0.25) is 0 Å². The third-order valence-electron chi connectivity index (χ3n) is 4.61. The molecule has 2 N–H and O–H groups in total. The number of para-hydroxylation sites is 1. The lowest BCUT2D eigenvalue weighted by atomic mass is 10.1. The van der Waals surface area contributed by atoms with E-state index in [1.165, 1.54) is 0 Å². The standard InChI is InChI=1S/C25H25BrN2O3/c1-2-16-31-23-13-12-19(26)17-21(23)25(30)28-22-11-7-6-10-20(22)24(29)27-15-14-18-8-4-3-5-9-18/h3-13,17H,2,14-16H2,1H3,(H,27,29)(H,28,30). The molecule has 0 aliphatic carbocycles. The smallest absolute Gasteiger partial charge is 0.259 e. The molecule has 160 valence electrons. The average molecular weight is 481 g/mol. The first-order valence-electron chi connectivity index (χ1n) is 10.2. The molecule has 0 radical (unpaired) electrons. The van der Waals surface area contributed by atoms with E-state index in [1.54, 1.807) is 36.4 Å². The fourth-order valence-corrected chi connectivity index (χ4v) is 3.42. The van der Waals surface area contributed by atoms with E-state index in [0.717, 1.165) is 22.9 Å². The maximum absolute atomic E-state index is 13.0. The van der Waals surface area contributed by atoms with Gasteiger partial charge in [0.1, 0.15) is 5.75 Å². The Kier molecular flexibility index (Phi) is 8.24. The number of halogens is 1. The van der Waals surface area contributed by atoms with Crippen molar-refractivity contribution >= 4 is 33.4 Å². The zero-order valence-corrected chi connectivity index (χ0v) is 18.9. The summed E-state index contributed by atoms with van der Waals surface area (Å²) in [5.41, 5.74) is 2.42. The molecule has 0 saturated heterocycles. The van der Waals surface area contributed by atoms with Gasteiger partial charge in [-0.25, -0.2) is 0 Å². The second kappa shape index (κ2) is 11.3. The molecule has 5 nitrogen and oxygen atoms in total. The van der Waals surface area contributed by atoms with Gasteiger partial charge in [0.2, 0.25) is 0 Å². The van der Waals surface area contributed by atoms with Crippen LogP contribution in [0.15, 0.2) is 77.3 Å². The molecule has 6 heteroatoms. The summed E-state index contributed by atoms with van der Waals surface area (Å²) >= 11 is 3.40. The van der Waals surface area contributed by atoms with Gasteiger partial charge < -0.3 is 15.4 Å². The Morgan fingerprint density at radius 1 is 0.903 bits per heavy atom. The van der Waals surface area contributed by atoms with E-state index in [0.29, 0.717) is 35.7 Å². The van der Waals surface area contributed by atoms with Gasteiger partial charge in [0.05, 0.1) is 23.4 Å². The van der Waals surface area contributed by atoms with Gasteiger partial charge in [0.15, 0.2) is 0 Å². The molecule has 0 bridgehead atoms. The lowest BCUT2D eigenvalue weighted by Crippen LogP contribution is -2.27. The van der Waals surface area contributed by atoms with E-state index >= 15 is 0 Å². The molecule has 0 unspecified atom stereocenters. The van der Waals surface area contributed by atoms with Gasteiger partial charge in [-0.15, -0.1) is 0 Å². The predicted molar refractivity (Wildman–Crippen MR) is 127 cm³/mol. The Hall–Kier alpha value is -3.12. The van der Waals surface area contributed by atoms with E-state index in [4.69, 9.17) is 4.74 Å². The van der Waals surface area contributed by atoms with Crippen molar-refractivity contribution in [2.45, 2.75) is 19.8 Å². The molecule has 3 rings (SSSR count). The summed E-state index contributed by atoms with van der Waals surface area (Å²) < 4.78 is 6.48. The third-order valence-corrected chi connectivity index (χ3v) is 5.10. The summed E-state index contributed by atoms with van der Waals surface area (Å²) in [6.07, 6.45) is 1.57. The minimum absolute atomic E-state index is 0.233. The predicted octanol–water partition coefficient (Wildman–Crippen LogP) is 5.46. The molecule has 31 heavy (non-hydrogen) atoms. The minimum atomic E-state index is -0.336. The fourth-order valence-electron chi connectivity index (χ4n) is 3.06. The summed E-state index contributed by atoms with van der Waals surface area (Å²) in [5.74, 6) is -0.0622. The van der Waals surface area contributed by atoms with Gasteiger partial charge >= 0.3 is 0 Å². The van der Waals surface area contributed by atoms with E-state index in [1.807, 2.05) is 43.3 Å². The van der Waals surface area contributed by atoms with E-state index in [2.05, 4.69) is 26.6 Å². The Labute approximate surface area is 191 Å². The maximum Gasteiger partial charge on any atom is 0.259 e. The number of nitrogens with one attached hydrogen (secondary N) is 2. The molecule has 2 amide bonds. The largest absolute Gasteiger partial charge is 0.493 e. The molecule has 0 atom stereocenters. The third kappa shape index (κ3) is 6.43. The number of carbonyl (C=O) groups excluding carboxylic acids is 2. The zero-order valence-electron chi connectivity index (χ0n) is 17.4. The van der Waals surface area contributed by atoms with Crippen molar-refractivity contribution in [1.82, 2.24) is 5.32 Å². The molecule has 0 aliphatic heterocycles. The molecular weight excluding hydrogens is 456 g/mol. The van der Waals surface area contributed by atoms with E-state index in [9.17, 15) is 9.59 Å². The topological polar surface area (TPSA) is 67.4 Å². The number of amides is 2. The number of anilines is 1. The first-order valence-corrected chi connectivity index (χ1v) is 11.0. The second-order valence-electron chi connectivity index (χ2n) is 6.98. The van der Waals surface area contributed by atoms with Gasteiger partial charge in [-0.1, -0.05) is 65.3 Å². The highest BCUT2D eigenvalue weighted by Crippen LogP contribution is 2.25. The average Bonchev–Trinajstić information content (AvgIpc) is 2.79. The molecule has 0 fully saturated rings. The van der Waals surface area contributed by atoms with Crippen LogP contribution in [0.3, 0.4) is 0 Å². The SMILES string of the molecule is CCCOc1ccc(Br)cc1C(=O)Nc1ccccc1C(=O)NCCc1ccccc1. The summed E-state index contributed by atoms with van der Waals surface area (Å²) in [5, 5.41) is 5.79. The number of hydrogen-bond donors (Lipinski definition) is 2. The van der Waals surface area contributed by atoms with Crippen molar-refractivity contribution in [1.29, 1.82) is 0 Å². The molecule has 0 saturated carbocycles. The van der Waals surface area contributed by atoms with E-state index in [-0.39, 0.29) is 11.8 Å². The van der Waals surface area contributed by atoms with Crippen molar-refractivity contribution in [2.75, 3.05) is 18.5 Å². The summed E-state index contributed by atoms with van der Waals surface area (Å²) in [4.78, 5) is 25.7. The van der Waals surface area contributed by atoms with Crippen LogP contribution in [0, 0.1) is 0 Å². The second-order valence-corrected chi connectivity index (χ2v) is 7.90. The number of carbonyl (C=O) groups is 2. The lowest BCUT2D eigenvalue weighted by molar-refractivity contribution is 0.0955. The molecule has 0 aliphatic rings. The molecular formula is C25H25BrN2O3. The summed E-state index contributed by atoms with van der Waals surface area (Å²) in [6.45, 7) is 3.03. The van der Waals surface area contributed by atoms with Crippen LogP contribution in [0.4, 0.5) is 5.69 Å². The highest BCUT2D eigenvalue weighted by Gasteiger charge is 2.17. The Morgan fingerprint density at radius 3 is 2.42 bits per heavy atom. The van der Waals surface area contributed by atoms with Gasteiger partial charge in [0, 0.05) is 11.0 Å². The van der Waals surface area contributed by atoms with Crippen molar-refractivity contribution < 1.29 is 14.3 Å². The highest BCUT2D eigenvalue weighted by molar-refractivity contribution is 9.10. The van der Waals surface area contributed by atoms with E-state index < -0.39 is 0 Å². The number of ether oxygens (including phenoxy) is 1. The summed E-state index contributed by atoms with van der Waals surface area (Å²) in [6, 6.07) is 22.2. The molecule has 0 spiro atoms. The van der Waals surface area contributed by atoms with Crippen LogP contribution < -0.4 is 15.4 Å². The van der Waals surface area contributed by atoms with Crippen LogP contribution >= 0.6 is 15.9 Å². The van der Waals surface area contributed by atoms with Crippen molar-refractivity contribution in [3.63, 3.8) is 0 Å². The van der Waals surface area contributed by atoms with Crippen LogP contribution in [0.25, 0.3) is 0 Å². The number of hydrogen-bond acceptors (Lipinski definition) is 3. The van der Waals surface area contributed by atoms with Crippen molar-refractivity contribution in [3.8, 4) is 5.75 Å². The normalized spacial score (nSPS) is 10.4. The van der Waals surface area contributed by atoms with Crippen molar-refractivity contribution in [3.05, 3.63) is 94.0 Å². The number of benzene rings is 3. The monoisotopic (exact) mass is 480 g/mol. The first kappa shape index (κ1) is 22.6. The van der Waals surface area contributed by atoms with Crippen LogP contribution in [-0.2, 0) is 6.42 Å². The maximum atomic E-state index is 13.0. The molecule has 0 aromatic heterocycles. The Balaban J connectivity index is 1.71. The highest BCUT2D eigenvalue weighted by atomic mass is 79.9. The zero-order chi connectivity index (χ0) is 22.1. The molecule has 0 heterocycles. The first-order chi connectivity index (χ1) is 15.1. The van der Waals surface area contributed by atoms with Gasteiger partial charge in [0.25, 0.3) is 11.8 Å². The van der Waals surface area contributed by atoms with Crippen LogP contribution in [0.1, 0.15) is 39.6 Å². The Morgan fingerprint density at radius 2 is 1.65 bits per heavy atom. The molecule has 3 aromatic rings. The number of rotatable bonds is 9. The summed E-state index contributed by atoms with van der Waals surface area (Å²) in [7, 11) is 0. The van der Waals surface area contributed by atoms with Crippen molar-refractivity contribution in [2.24, 2.45) is 0 Å². The van der Waals surface area contributed by atoms with Crippen LogP contribution in [-0.4, -0.2) is 25.0 Å². The quantitative estimate of drug-likeness (QED) is 0.427. The molecule has 3 aromatic carbocycles. The van der Waals surface area contributed by atoms with Gasteiger partial charge in [-0.2, -0.15) is 0 Å². The minimum Gasteiger partial charge on any atom is -0.493 e.